The summed E-state index contributed by atoms with van der Waals surface area (Å²) in [6.45, 7) is 0. The Morgan fingerprint density at radius 3 is 2.65 bits per heavy atom. The van der Waals surface area contributed by atoms with Crippen LogP contribution in [-0.4, -0.2) is 4.92 Å². The first-order chi connectivity index (χ1) is 9.54. The minimum absolute atomic E-state index is 0.0371. The van der Waals surface area contributed by atoms with Crippen molar-refractivity contribution < 1.29 is 14.1 Å². The van der Waals surface area contributed by atoms with Gasteiger partial charge in [0.25, 0.3) is 0 Å². The topological polar surface area (TPSA) is 76.2 Å². The van der Waals surface area contributed by atoms with Gasteiger partial charge >= 0.3 is 5.69 Å². The molecule has 2 rings (SSSR count). The largest absolute Gasteiger partial charge is 0.446 e. The number of hydrogen-bond acceptors (Lipinski definition) is 4. The minimum Gasteiger partial charge on any atom is -0.446 e. The number of nitro groups is 1. The molecule has 0 saturated heterocycles. The standard InChI is InChI=1S/C13H6BrFN2O3/c14-9-3-1-6-12(8(9)7-16)20-13-10(15)4-2-5-11(13)17(18)19/h1-6H. The molecule has 0 saturated carbocycles. The van der Waals surface area contributed by atoms with E-state index >= 15 is 0 Å². The Kier molecular flexibility index (Phi) is 3.96. The average Bonchev–Trinajstić information content (AvgIpc) is 2.41. The molecule has 0 aliphatic heterocycles. The predicted molar refractivity (Wildman–Crippen MR) is 72.0 cm³/mol. The van der Waals surface area contributed by atoms with Crippen molar-refractivity contribution >= 4 is 21.6 Å². The third-order valence-electron chi connectivity index (χ3n) is 2.44. The fraction of sp³-hybridized carbons (Fsp3) is 0. The monoisotopic (exact) mass is 336 g/mol. The van der Waals surface area contributed by atoms with Crippen LogP contribution < -0.4 is 4.74 Å². The van der Waals surface area contributed by atoms with Crippen LogP contribution in [0.5, 0.6) is 11.5 Å². The molecule has 0 spiro atoms. The molecule has 0 heterocycles. The Morgan fingerprint density at radius 2 is 2.00 bits per heavy atom. The third kappa shape index (κ3) is 2.60. The highest BCUT2D eigenvalue weighted by Crippen LogP contribution is 2.36. The van der Waals surface area contributed by atoms with Gasteiger partial charge in [0.1, 0.15) is 17.4 Å². The van der Waals surface area contributed by atoms with Gasteiger partial charge in [-0.3, -0.25) is 10.1 Å². The van der Waals surface area contributed by atoms with Crippen LogP contribution in [0.4, 0.5) is 10.1 Å². The molecule has 0 atom stereocenters. The molecule has 0 fully saturated rings. The van der Waals surface area contributed by atoms with Crippen LogP contribution in [0.25, 0.3) is 0 Å². The van der Waals surface area contributed by atoms with Crippen LogP contribution in [-0.2, 0) is 0 Å². The molecule has 100 valence electrons. The van der Waals surface area contributed by atoms with Gasteiger partial charge in [0.05, 0.1) is 4.92 Å². The highest BCUT2D eigenvalue weighted by atomic mass is 79.9. The van der Waals surface area contributed by atoms with E-state index in [1.165, 1.54) is 12.1 Å². The summed E-state index contributed by atoms with van der Waals surface area (Å²) in [5.74, 6) is -1.36. The molecule has 0 bridgehead atoms. The lowest BCUT2D eigenvalue weighted by molar-refractivity contribution is -0.385. The van der Waals surface area contributed by atoms with E-state index in [0.717, 1.165) is 12.1 Å². The lowest BCUT2D eigenvalue weighted by atomic mass is 10.2. The van der Waals surface area contributed by atoms with E-state index in [4.69, 9.17) is 10.00 Å². The van der Waals surface area contributed by atoms with Crippen LogP contribution in [0.3, 0.4) is 0 Å². The van der Waals surface area contributed by atoms with E-state index in [0.29, 0.717) is 4.47 Å². The van der Waals surface area contributed by atoms with Crippen molar-refractivity contribution in [2.75, 3.05) is 0 Å². The van der Waals surface area contributed by atoms with E-state index in [9.17, 15) is 14.5 Å². The first-order valence-electron chi connectivity index (χ1n) is 5.34. The van der Waals surface area contributed by atoms with E-state index in [-0.39, 0.29) is 11.3 Å². The highest BCUT2D eigenvalue weighted by Gasteiger charge is 2.21. The number of nitro benzene ring substituents is 1. The number of halogens is 2. The Bertz CT molecular complexity index is 728. The maximum absolute atomic E-state index is 13.7. The Morgan fingerprint density at radius 1 is 1.30 bits per heavy atom. The average molecular weight is 337 g/mol. The molecule has 7 heteroatoms. The number of rotatable bonds is 3. The van der Waals surface area contributed by atoms with Crippen molar-refractivity contribution in [3.05, 3.63) is 62.4 Å². The number of para-hydroxylation sites is 1. The van der Waals surface area contributed by atoms with Gasteiger partial charge in [0.2, 0.25) is 5.75 Å². The summed E-state index contributed by atoms with van der Waals surface area (Å²) in [7, 11) is 0. The van der Waals surface area contributed by atoms with Crippen LogP contribution >= 0.6 is 15.9 Å². The number of hydrogen-bond donors (Lipinski definition) is 0. The Hall–Kier alpha value is -2.46. The van der Waals surface area contributed by atoms with Gasteiger partial charge in [0.15, 0.2) is 5.82 Å². The van der Waals surface area contributed by atoms with Crippen molar-refractivity contribution in [1.82, 2.24) is 0 Å². The van der Waals surface area contributed by atoms with Crippen LogP contribution in [0, 0.1) is 27.3 Å². The van der Waals surface area contributed by atoms with Gasteiger partial charge in [-0.2, -0.15) is 5.26 Å². The van der Waals surface area contributed by atoms with Gasteiger partial charge in [-0.05, 0) is 34.1 Å². The molecule has 0 aliphatic carbocycles. The second-order valence-electron chi connectivity index (χ2n) is 3.67. The number of nitrogens with zero attached hydrogens (tertiary/aromatic N) is 2. The zero-order chi connectivity index (χ0) is 14.7. The zero-order valence-electron chi connectivity index (χ0n) is 9.84. The summed E-state index contributed by atoms with van der Waals surface area (Å²) in [5.41, 5.74) is -0.376. The number of nitriles is 1. The maximum Gasteiger partial charge on any atom is 0.314 e. The molecule has 0 N–H and O–H groups in total. The fourth-order valence-corrected chi connectivity index (χ4v) is 1.99. The molecule has 0 radical (unpaired) electrons. The molecule has 20 heavy (non-hydrogen) atoms. The van der Waals surface area contributed by atoms with Gasteiger partial charge in [-0.25, -0.2) is 4.39 Å². The van der Waals surface area contributed by atoms with Crippen LogP contribution in [0.1, 0.15) is 5.56 Å². The van der Waals surface area contributed by atoms with Gasteiger partial charge in [-0.1, -0.05) is 12.1 Å². The molecular formula is C13H6BrFN2O3. The molecule has 0 aromatic heterocycles. The lowest BCUT2D eigenvalue weighted by Crippen LogP contribution is -1.97. The Balaban J connectivity index is 2.54. The zero-order valence-corrected chi connectivity index (χ0v) is 11.4. The van der Waals surface area contributed by atoms with E-state index in [1.54, 1.807) is 12.1 Å². The summed E-state index contributed by atoms with van der Waals surface area (Å²) >= 11 is 3.16. The van der Waals surface area contributed by atoms with Crippen molar-refractivity contribution in [3.63, 3.8) is 0 Å². The Labute approximate surface area is 121 Å². The third-order valence-corrected chi connectivity index (χ3v) is 3.10. The van der Waals surface area contributed by atoms with Crippen molar-refractivity contribution in [1.29, 1.82) is 5.26 Å². The summed E-state index contributed by atoms with van der Waals surface area (Å²) in [6, 6.07) is 9.90. The van der Waals surface area contributed by atoms with Crippen molar-refractivity contribution in [2.45, 2.75) is 0 Å². The first-order valence-corrected chi connectivity index (χ1v) is 6.13. The van der Waals surface area contributed by atoms with Gasteiger partial charge in [-0.15, -0.1) is 0 Å². The number of ether oxygens (including phenoxy) is 1. The molecule has 0 unspecified atom stereocenters. The van der Waals surface area contributed by atoms with Gasteiger partial charge < -0.3 is 4.74 Å². The van der Waals surface area contributed by atoms with Crippen LogP contribution in [0.2, 0.25) is 0 Å². The SMILES string of the molecule is N#Cc1c(Br)cccc1Oc1c(F)cccc1[N+](=O)[O-]. The quantitative estimate of drug-likeness (QED) is 0.622. The minimum atomic E-state index is -0.872. The maximum atomic E-state index is 13.7. The second kappa shape index (κ2) is 5.67. The number of benzene rings is 2. The molecule has 0 amide bonds. The smallest absolute Gasteiger partial charge is 0.314 e. The van der Waals surface area contributed by atoms with E-state index in [1.807, 2.05) is 6.07 Å². The normalized spacial score (nSPS) is 9.85. The summed E-state index contributed by atoms with van der Waals surface area (Å²) in [5, 5.41) is 19.9. The lowest BCUT2D eigenvalue weighted by Gasteiger charge is -2.09. The molecule has 2 aromatic carbocycles. The predicted octanol–water partition coefficient (Wildman–Crippen LogP) is 4.16. The second-order valence-corrected chi connectivity index (χ2v) is 4.53. The van der Waals surface area contributed by atoms with E-state index in [2.05, 4.69) is 15.9 Å². The summed E-state index contributed by atoms with van der Waals surface area (Å²) in [6.07, 6.45) is 0. The van der Waals surface area contributed by atoms with E-state index < -0.39 is 22.2 Å². The molecule has 5 nitrogen and oxygen atoms in total. The van der Waals surface area contributed by atoms with Crippen molar-refractivity contribution in [3.8, 4) is 17.6 Å². The van der Waals surface area contributed by atoms with Gasteiger partial charge in [0, 0.05) is 10.5 Å². The molecule has 2 aromatic rings. The fourth-order valence-electron chi connectivity index (χ4n) is 1.55. The summed E-state index contributed by atoms with van der Waals surface area (Å²) < 4.78 is 19.4. The highest BCUT2D eigenvalue weighted by molar-refractivity contribution is 9.10. The first kappa shape index (κ1) is 14.0. The molecular weight excluding hydrogens is 331 g/mol. The molecule has 0 aliphatic rings. The summed E-state index contributed by atoms with van der Waals surface area (Å²) in [4.78, 5) is 10.1. The van der Waals surface area contributed by atoms with Crippen LogP contribution in [0.15, 0.2) is 40.9 Å². The van der Waals surface area contributed by atoms with Crippen molar-refractivity contribution in [2.24, 2.45) is 0 Å².